The van der Waals surface area contributed by atoms with Gasteiger partial charge in [-0.25, -0.2) is 9.97 Å². The van der Waals surface area contributed by atoms with Crippen LogP contribution in [-0.4, -0.2) is 60.0 Å². The fourth-order valence-electron chi connectivity index (χ4n) is 2.27. The number of nitrogens with one attached hydrogen (secondary N) is 1. The van der Waals surface area contributed by atoms with Gasteiger partial charge < -0.3 is 10.2 Å². The summed E-state index contributed by atoms with van der Waals surface area (Å²) in [5.41, 5.74) is 1.02. The van der Waals surface area contributed by atoms with Crippen LogP contribution in [0.25, 0.3) is 0 Å². The SMILES string of the molecule is CCNc1cc(C)nc(CN(CCN(C)C)CC(C)C)n1. The van der Waals surface area contributed by atoms with Crippen LogP contribution >= 0.6 is 0 Å². The molecule has 0 fully saturated rings. The van der Waals surface area contributed by atoms with E-state index in [0.717, 1.165) is 50.1 Å². The Morgan fingerprint density at radius 1 is 1.19 bits per heavy atom. The summed E-state index contributed by atoms with van der Waals surface area (Å²) in [5, 5.41) is 3.28. The molecule has 21 heavy (non-hydrogen) atoms. The van der Waals surface area contributed by atoms with E-state index in [1.165, 1.54) is 0 Å². The molecule has 0 atom stereocenters. The first kappa shape index (κ1) is 17.9. The fourth-order valence-corrected chi connectivity index (χ4v) is 2.27. The van der Waals surface area contributed by atoms with E-state index in [9.17, 15) is 0 Å². The third-order valence-corrected chi connectivity index (χ3v) is 3.11. The number of likely N-dealkylation sites (N-methyl/N-ethyl adjacent to an activating group) is 1. The molecular weight excluding hydrogens is 262 g/mol. The van der Waals surface area contributed by atoms with Crippen molar-refractivity contribution in [1.82, 2.24) is 19.8 Å². The Hall–Kier alpha value is -1.20. The molecular formula is C16H31N5. The smallest absolute Gasteiger partial charge is 0.144 e. The molecule has 1 heterocycles. The van der Waals surface area contributed by atoms with Crippen LogP contribution < -0.4 is 5.32 Å². The van der Waals surface area contributed by atoms with E-state index >= 15 is 0 Å². The van der Waals surface area contributed by atoms with Crippen molar-refractivity contribution in [2.24, 2.45) is 5.92 Å². The van der Waals surface area contributed by atoms with E-state index < -0.39 is 0 Å². The van der Waals surface area contributed by atoms with Crippen molar-refractivity contribution in [2.45, 2.75) is 34.2 Å². The Balaban J connectivity index is 2.76. The summed E-state index contributed by atoms with van der Waals surface area (Å²) in [4.78, 5) is 13.9. The van der Waals surface area contributed by atoms with Crippen molar-refractivity contribution in [3.63, 3.8) is 0 Å². The Morgan fingerprint density at radius 3 is 2.48 bits per heavy atom. The van der Waals surface area contributed by atoms with Crippen LogP contribution in [0.4, 0.5) is 5.82 Å². The predicted octanol–water partition coefficient (Wildman–Crippen LogP) is 2.24. The summed E-state index contributed by atoms with van der Waals surface area (Å²) >= 11 is 0. The highest BCUT2D eigenvalue weighted by atomic mass is 15.2. The number of anilines is 1. The number of rotatable bonds is 9. The first-order valence-electron chi connectivity index (χ1n) is 7.86. The van der Waals surface area contributed by atoms with Gasteiger partial charge in [-0.15, -0.1) is 0 Å². The summed E-state index contributed by atoms with van der Waals surface area (Å²) in [6, 6.07) is 2.00. The maximum Gasteiger partial charge on any atom is 0.144 e. The summed E-state index contributed by atoms with van der Waals surface area (Å²) < 4.78 is 0. The highest BCUT2D eigenvalue weighted by Gasteiger charge is 2.11. The molecule has 5 heteroatoms. The zero-order valence-corrected chi connectivity index (χ0v) is 14.5. The van der Waals surface area contributed by atoms with Crippen LogP contribution in [0.15, 0.2) is 6.07 Å². The lowest BCUT2D eigenvalue weighted by Crippen LogP contribution is -2.34. The highest BCUT2D eigenvalue weighted by Crippen LogP contribution is 2.09. The zero-order chi connectivity index (χ0) is 15.8. The number of aromatic nitrogens is 2. The lowest BCUT2D eigenvalue weighted by molar-refractivity contribution is 0.207. The van der Waals surface area contributed by atoms with Crippen molar-refractivity contribution in [2.75, 3.05) is 45.6 Å². The van der Waals surface area contributed by atoms with Crippen LogP contribution in [0.2, 0.25) is 0 Å². The number of nitrogens with zero attached hydrogens (tertiary/aromatic N) is 4. The van der Waals surface area contributed by atoms with Crippen LogP contribution in [0.1, 0.15) is 32.3 Å². The highest BCUT2D eigenvalue weighted by molar-refractivity contribution is 5.35. The van der Waals surface area contributed by atoms with Gasteiger partial charge in [0.2, 0.25) is 0 Å². The average Bonchev–Trinajstić information content (AvgIpc) is 2.35. The Bertz CT molecular complexity index is 417. The van der Waals surface area contributed by atoms with Gasteiger partial charge in [0.1, 0.15) is 11.6 Å². The van der Waals surface area contributed by atoms with E-state index in [2.05, 4.69) is 60.0 Å². The predicted molar refractivity (Wildman–Crippen MR) is 89.6 cm³/mol. The Morgan fingerprint density at radius 2 is 1.90 bits per heavy atom. The molecule has 1 N–H and O–H groups in total. The van der Waals surface area contributed by atoms with Crippen molar-refractivity contribution in [3.8, 4) is 0 Å². The molecule has 0 bridgehead atoms. The van der Waals surface area contributed by atoms with Gasteiger partial charge in [-0.05, 0) is 33.9 Å². The Kier molecular flexibility index (Phi) is 7.61. The molecule has 0 aromatic carbocycles. The third kappa shape index (κ3) is 7.39. The number of aryl methyl sites for hydroxylation is 1. The van der Waals surface area contributed by atoms with Crippen LogP contribution in [0, 0.1) is 12.8 Å². The second-order valence-corrected chi connectivity index (χ2v) is 6.27. The van der Waals surface area contributed by atoms with Crippen molar-refractivity contribution >= 4 is 5.82 Å². The van der Waals surface area contributed by atoms with Crippen LogP contribution in [0.3, 0.4) is 0 Å². The minimum atomic E-state index is 0.644. The summed E-state index contributed by atoms with van der Waals surface area (Å²) in [7, 11) is 4.22. The maximum absolute atomic E-state index is 4.62. The van der Waals surface area contributed by atoms with Crippen LogP contribution in [-0.2, 0) is 6.54 Å². The van der Waals surface area contributed by atoms with Crippen LogP contribution in [0.5, 0.6) is 0 Å². The van der Waals surface area contributed by atoms with Gasteiger partial charge in [-0.3, -0.25) is 4.90 Å². The van der Waals surface area contributed by atoms with Crippen molar-refractivity contribution in [1.29, 1.82) is 0 Å². The van der Waals surface area contributed by atoms with Crippen molar-refractivity contribution < 1.29 is 0 Å². The molecule has 1 aromatic heterocycles. The van der Waals surface area contributed by atoms with E-state index in [1.807, 2.05) is 13.0 Å². The molecule has 0 saturated carbocycles. The topological polar surface area (TPSA) is 44.3 Å². The fraction of sp³-hybridized carbons (Fsp3) is 0.750. The average molecular weight is 293 g/mol. The summed E-state index contributed by atoms with van der Waals surface area (Å²) in [5.74, 6) is 2.48. The minimum Gasteiger partial charge on any atom is -0.370 e. The van der Waals surface area contributed by atoms with Gasteiger partial charge in [-0.2, -0.15) is 0 Å². The van der Waals surface area contributed by atoms with Gasteiger partial charge >= 0.3 is 0 Å². The quantitative estimate of drug-likeness (QED) is 0.756. The number of hydrogen-bond donors (Lipinski definition) is 1. The second kappa shape index (κ2) is 8.95. The molecule has 5 nitrogen and oxygen atoms in total. The van der Waals surface area contributed by atoms with E-state index in [4.69, 9.17) is 0 Å². The third-order valence-electron chi connectivity index (χ3n) is 3.11. The number of hydrogen-bond acceptors (Lipinski definition) is 5. The molecule has 0 amide bonds. The molecule has 0 aliphatic rings. The molecule has 0 aliphatic carbocycles. The van der Waals surface area contributed by atoms with Gasteiger partial charge in [0.15, 0.2) is 0 Å². The minimum absolute atomic E-state index is 0.644. The van der Waals surface area contributed by atoms with Gasteiger partial charge in [0.05, 0.1) is 6.54 Å². The van der Waals surface area contributed by atoms with E-state index in [1.54, 1.807) is 0 Å². The molecule has 0 aliphatic heterocycles. The lowest BCUT2D eigenvalue weighted by atomic mass is 10.2. The molecule has 0 saturated heterocycles. The standard InChI is InChI=1S/C16H31N5/c1-7-17-15-10-14(4)18-16(19-15)12-21(11-13(2)3)9-8-20(5)6/h10,13H,7-9,11-12H2,1-6H3,(H,17,18,19). The molecule has 120 valence electrons. The largest absolute Gasteiger partial charge is 0.370 e. The molecule has 0 spiro atoms. The molecule has 1 rings (SSSR count). The van der Waals surface area contributed by atoms with Crippen molar-refractivity contribution in [3.05, 3.63) is 17.6 Å². The molecule has 0 unspecified atom stereocenters. The summed E-state index contributed by atoms with van der Waals surface area (Å²) in [6.45, 7) is 13.5. The first-order valence-corrected chi connectivity index (χ1v) is 7.86. The van der Waals surface area contributed by atoms with Gasteiger partial charge in [-0.1, -0.05) is 13.8 Å². The summed E-state index contributed by atoms with van der Waals surface area (Å²) in [6.07, 6.45) is 0. The maximum atomic E-state index is 4.62. The normalized spacial score (nSPS) is 11.7. The monoisotopic (exact) mass is 293 g/mol. The lowest BCUT2D eigenvalue weighted by Gasteiger charge is -2.25. The van der Waals surface area contributed by atoms with Gasteiger partial charge in [0.25, 0.3) is 0 Å². The van der Waals surface area contributed by atoms with E-state index in [0.29, 0.717) is 5.92 Å². The first-order chi connectivity index (χ1) is 9.90. The molecule has 1 aromatic rings. The Labute approximate surface area is 129 Å². The van der Waals surface area contributed by atoms with E-state index in [-0.39, 0.29) is 0 Å². The molecule has 0 radical (unpaired) electrons. The van der Waals surface area contributed by atoms with Gasteiger partial charge in [0, 0.05) is 37.9 Å². The second-order valence-electron chi connectivity index (χ2n) is 6.27. The zero-order valence-electron chi connectivity index (χ0n) is 14.5.